The van der Waals surface area contributed by atoms with Crippen LogP contribution in [0.3, 0.4) is 0 Å². The molecule has 0 bridgehead atoms. The Morgan fingerprint density at radius 3 is 0.881 bits per heavy atom. The smallest absolute Gasteiger partial charge is 0.337 e. The van der Waals surface area contributed by atoms with Gasteiger partial charge >= 0.3 is 17.9 Å². The Morgan fingerprint density at radius 1 is 0.429 bits per heavy atom. The van der Waals surface area contributed by atoms with E-state index in [0.29, 0.717) is 33.9 Å². The van der Waals surface area contributed by atoms with Crippen molar-refractivity contribution in [1.29, 1.82) is 0 Å². The van der Waals surface area contributed by atoms with Crippen molar-refractivity contribution in [2.24, 2.45) is 0 Å². The molecule has 0 amide bonds. The minimum Gasteiger partial charge on any atom is -0.489 e. The van der Waals surface area contributed by atoms with E-state index in [2.05, 4.69) is 0 Å². The van der Waals surface area contributed by atoms with Crippen LogP contribution in [0.1, 0.15) is 47.8 Å². The molecule has 0 saturated carbocycles. The van der Waals surface area contributed by atoms with Gasteiger partial charge in [-0.15, -0.1) is 0 Å². The van der Waals surface area contributed by atoms with Crippen LogP contribution in [0.5, 0.6) is 17.2 Å². The molecule has 0 atom stereocenters. The molecule has 0 aliphatic carbocycles. The average molecular weight is 571 g/mol. The molecule has 0 radical (unpaired) electrons. The first-order chi connectivity index (χ1) is 20.4. The zero-order valence-electron chi connectivity index (χ0n) is 23.5. The number of hydrogen-bond acceptors (Lipinski definition) is 9. The normalized spacial score (nSPS) is 10.4. The Kier molecular flexibility index (Phi) is 10.1. The summed E-state index contributed by atoms with van der Waals surface area (Å²) in [6, 6.07) is 26.0. The van der Waals surface area contributed by atoms with Crippen molar-refractivity contribution >= 4 is 17.9 Å². The fourth-order valence-corrected chi connectivity index (χ4v) is 4.00. The molecule has 0 aliphatic heterocycles. The third-order valence-electron chi connectivity index (χ3n) is 6.16. The lowest BCUT2D eigenvalue weighted by Crippen LogP contribution is -2.05. The Bertz CT molecular complexity index is 1310. The highest BCUT2D eigenvalue weighted by Gasteiger charge is 2.10. The molecular weight excluding hydrogens is 540 g/mol. The summed E-state index contributed by atoms with van der Waals surface area (Å²) in [7, 11) is 4.00. The quantitative estimate of drug-likeness (QED) is 0.155. The summed E-state index contributed by atoms with van der Waals surface area (Å²) in [5.74, 6) is 0.534. The van der Waals surface area contributed by atoms with Crippen molar-refractivity contribution in [3.63, 3.8) is 0 Å². The Labute approximate surface area is 243 Å². The Morgan fingerprint density at radius 2 is 0.667 bits per heavy atom. The SMILES string of the molecule is COC(=O)c1ccc(OCc2cc(COc3ccc(C(=O)OC)cc3)cc(COc3ccc(C(=O)OC)cc3)c2)cc1. The summed E-state index contributed by atoms with van der Waals surface area (Å²) >= 11 is 0. The highest BCUT2D eigenvalue weighted by atomic mass is 16.5. The molecule has 0 saturated heterocycles. The van der Waals surface area contributed by atoms with Crippen LogP contribution in [0.25, 0.3) is 0 Å². The van der Waals surface area contributed by atoms with Gasteiger partial charge in [-0.3, -0.25) is 0 Å². The van der Waals surface area contributed by atoms with Gasteiger partial charge in [-0.1, -0.05) is 0 Å². The number of methoxy groups -OCH3 is 3. The molecule has 0 N–H and O–H groups in total. The van der Waals surface area contributed by atoms with Gasteiger partial charge in [-0.25, -0.2) is 14.4 Å². The van der Waals surface area contributed by atoms with Crippen LogP contribution < -0.4 is 14.2 Å². The molecule has 0 unspecified atom stereocenters. The van der Waals surface area contributed by atoms with Gasteiger partial charge in [-0.05, 0) is 108 Å². The van der Waals surface area contributed by atoms with E-state index in [1.807, 2.05) is 18.2 Å². The lowest BCUT2D eigenvalue weighted by molar-refractivity contribution is 0.0591. The fourth-order valence-electron chi connectivity index (χ4n) is 4.00. The standard InChI is InChI=1S/C33H30O9/c1-37-31(34)25-4-10-28(11-5-25)40-19-22-16-23(20-41-29-12-6-26(7-13-29)32(35)38-2)18-24(17-22)21-42-30-14-8-27(9-15-30)33(36)39-3/h4-18H,19-21H2,1-3H3. The van der Waals surface area contributed by atoms with Gasteiger partial charge in [0.15, 0.2) is 0 Å². The Balaban J connectivity index is 1.47. The van der Waals surface area contributed by atoms with E-state index in [-0.39, 0.29) is 19.8 Å². The average Bonchev–Trinajstić information content (AvgIpc) is 3.05. The zero-order chi connectivity index (χ0) is 29.9. The van der Waals surface area contributed by atoms with Gasteiger partial charge in [0.1, 0.15) is 37.1 Å². The summed E-state index contributed by atoms with van der Waals surface area (Å²) in [4.78, 5) is 35.1. The van der Waals surface area contributed by atoms with Gasteiger partial charge in [0.05, 0.1) is 38.0 Å². The maximum Gasteiger partial charge on any atom is 0.337 e. The second-order valence-electron chi connectivity index (χ2n) is 9.07. The van der Waals surface area contributed by atoms with Crippen molar-refractivity contribution in [3.8, 4) is 17.2 Å². The highest BCUT2D eigenvalue weighted by Crippen LogP contribution is 2.21. The number of rotatable bonds is 12. The van der Waals surface area contributed by atoms with Crippen molar-refractivity contribution in [2.45, 2.75) is 19.8 Å². The van der Waals surface area contributed by atoms with Crippen LogP contribution in [-0.4, -0.2) is 39.2 Å². The minimum atomic E-state index is -0.418. The fraction of sp³-hybridized carbons (Fsp3) is 0.182. The largest absolute Gasteiger partial charge is 0.489 e. The van der Waals surface area contributed by atoms with E-state index in [1.165, 1.54) is 21.3 Å². The topological polar surface area (TPSA) is 107 Å². The molecule has 0 spiro atoms. The van der Waals surface area contributed by atoms with Gasteiger partial charge in [0.25, 0.3) is 0 Å². The first kappa shape index (κ1) is 29.7. The molecule has 9 nitrogen and oxygen atoms in total. The zero-order valence-corrected chi connectivity index (χ0v) is 23.5. The molecule has 4 aromatic rings. The monoisotopic (exact) mass is 570 g/mol. The summed E-state index contributed by atoms with van der Waals surface area (Å²) < 4.78 is 32.1. The molecule has 9 heteroatoms. The molecule has 0 aromatic heterocycles. The maximum atomic E-state index is 11.7. The van der Waals surface area contributed by atoms with E-state index >= 15 is 0 Å². The summed E-state index contributed by atoms with van der Waals surface area (Å²) in [6.07, 6.45) is 0. The van der Waals surface area contributed by atoms with Crippen molar-refractivity contribution in [2.75, 3.05) is 21.3 Å². The van der Waals surface area contributed by atoms with Crippen LogP contribution >= 0.6 is 0 Å². The number of carbonyl (C=O) groups is 3. The third-order valence-corrected chi connectivity index (χ3v) is 6.16. The van der Waals surface area contributed by atoms with Gasteiger partial charge in [0.2, 0.25) is 0 Å². The predicted molar refractivity (Wildman–Crippen MR) is 153 cm³/mol. The molecule has 0 fully saturated rings. The number of carbonyl (C=O) groups excluding carboxylic acids is 3. The van der Waals surface area contributed by atoms with Crippen LogP contribution in [0.15, 0.2) is 91.0 Å². The van der Waals surface area contributed by atoms with Crippen LogP contribution in [0.2, 0.25) is 0 Å². The summed E-state index contributed by atoms with van der Waals surface area (Å²) in [5, 5.41) is 0. The first-order valence-corrected chi connectivity index (χ1v) is 12.9. The second kappa shape index (κ2) is 14.4. The molecule has 216 valence electrons. The van der Waals surface area contributed by atoms with Gasteiger partial charge in [0, 0.05) is 0 Å². The van der Waals surface area contributed by atoms with E-state index in [9.17, 15) is 14.4 Å². The number of esters is 3. The van der Waals surface area contributed by atoms with Gasteiger partial charge in [-0.2, -0.15) is 0 Å². The van der Waals surface area contributed by atoms with E-state index in [4.69, 9.17) is 28.4 Å². The van der Waals surface area contributed by atoms with E-state index in [0.717, 1.165) is 16.7 Å². The molecule has 0 heterocycles. The van der Waals surface area contributed by atoms with E-state index in [1.54, 1.807) is 72.8 Å². The second-order valence-corrected chi connectivity index (χ2v) is 9.07. The van der Waals surface area contributed by atoms with Crippen molar-refractivity contribution in [1.82, 2.24) is 0 Å². The molecular formula is C33H30O9. The molecule has 42 heavy (non-hydrogen) atoms. The maximum absolute atomic E-state index is 11.7. The van der Waals surface area contributed by atoms with Crippen molar-refractivity contribution < 1.29 is 42.8 Å². The third kappa shape index (κ3) is 8.11. The first-order valence-electron chi connectivity index (χ1n) is 12.9. The lowest BCUT2D eigenvalue weighted by Gasteiger charge is -2.14. The van der Waals surface area contributed by atoms with E-state index < -0.39 is 17.9 Å². The van der Waals surface area contributed by atoms with Crippen LogP contribution in [0, 0.1) is 0 Å². The number of ether oxygens (including phenoxy) is 6. The predicted octanol–water partition coefficient (Wildman–Crippen LogP) is 5.78. The van der Waals surface area contributed by atoms with Crippen molar-refractivity contribution in [3.05, 3.63) is 124 Å². The van der Waals surface area contributed by atoms with Gasteiger partial charge < -0.3 is 28.4 Å². The highest BCUT2D eigenvalue weighted by molar-refractivity contribution is 5.90. The van der Waals surface area contributed by atoms with Crippen LogP contribution in [0.4, 0.5) is 0 Å². The Hall–Kier alpha value is -5.31. The molecule has 0 aliphatic rings. The molecule has 4 aromatic carbocycles. The molecule has 4 rings (SSSR count). The number of hydrogen-bond donors (Lipinski definition) is 0. The number of benzene rings is 4. The minimum absolute atomic E-state index is 0.264. The summed E-state index contributed by atoms with van der Waals surface area (Å²) in [6.45, 7) is 0.792. The van der Waals surface area contributed by atoms with Crippen LogP contribution in [-0.2, 0) is 34.0 Å². The lowest BCUT2D eigenvalue weighted by atomic mass is 10.1. The summed E-state index contributed by atoms with van der Waals surface area (Å²) in [5.41, 5.74) is 3.95.